The molecule has 1 heterocycles. The van der Waals surface area contributed by atoms with Gasteiger partial charge in [0.05, 0.1) is 13.2 Å². The molecular weight excluding hydrogens is 396 g/mol. The molecule has 2 aromatic carbocycles. The van der Waals surface area contributed by atoms with Crippen molar-refractivity contribution in [1.82, 2.24) is 9.80 Å². The van der Waals surface area contributed by atoms with Crippen LogP contribution >= 0.6 is 0 Å². The van der Waals surface area contributed by atoms with Crippen molar-refractivity contribution >= 4 is 12.0 Å². The zero-order valence-corrected chi connectivity index (χ0v) is 18.4. The van der Waals surface area contributed by atoms with E-state index in [9.17, 15) is 9.59 Å². The molecule has 166 valence electrons. The number of hydrogen-bond donors (Lipinski definition) is 0. The van der Waals surface area contributed by atoms with Crippen LogP contribution in [0, 0.1) is 6.92 Å². The van der Waals surface area contributed by atoms with Gasteiger partial charge in [-0.15, -0.1) is 0 Å². The number of hydrogen-bond acceptors (Lipinski definition) is 5. The van der Waals surface area contributed by atoms with Gasteiger partial charge >= 0.3 is 6.09 Å². The quantitative estimate of drug-likeness (QED) is 0.672. The van der Waals surface area contributed by atoms with E-state index in [-0.39, 0.29) is 12.0 Å². The molecule has 0 atom stereocenters. The summed E-state index contributed by atoms with van der Waals surface area (Å²) in [5, 5.41) is 0. The first-order valence-electron chi connectivity index (χ1n) is 10.7. The zero-order valence-electron chi connectivity index (χ0n) is 18.4. The fourth-order valence-electron chi connectivity index (χ4n) is 3.41. The molecule has 2 aromatic rings. The van der Waals surface area contributed by atoms with Crippen molar-refractivity contribution in [1.29, 1.82) is 0 Å². The van der Waals surface area contributed by atoms with Crippen LogP contribution in [0.15, 0.2) is 42.5 Å². The Balaban J connectivity index is 1.68. The molecule has 1 saturated heterocycles. The number of rotatable bonds is 7. The van der Waals surface area contributed by atoms with Gasteiger partial charge in [-0.2, -0.15) is 0 Å². The summed E-state index contributed by atoms with van der Waals surface area (Å²) in [6, 6.07) is 13.3. The standard InChI is InChI=1S/C24H30N2O5/c1-4-29-22-11-8-19(16-20(22)17-31-21-9-6-18(3)7-10-21)23(27)25-12-14-26(15-13-25)24(28)30-5-2/h6-11,16H,4-5,12-15,17H2,1-3H3. The summed E-state index contributed by atoms with van der Waals surface area (Å²) in [4.78, 5) is 28.3. The van der Waals surface area contributed by atoms with Crippen LogP contribution in [0.25, 0.3) is 0 Å². The smallest absolute Gasteiger partial charge is 0.409 e. The summed E-state index contributed by atoms with van der Waals surface area (Å²) < 4.78 is 16.7. The van der Waals surface area contributed by atoms with E-state index in [2.05, 4.69) is 0 Å². The number of amides is 2. The number of carbonyl (C=O) groups is 2. The summed E-state index contributed by atoms with van der Waals surface area (Å²) in [6.07, 6.45) is -0.328. The average molecular weight is 427 g/mol. The molecule has 7 nitrogen and oxygen atoms in total. The van der Waals surface area contributed by atoms with Gasteiger partial charge in [-0.25, -0.2) is 4.79 Å². The number of carbonyl (C=O) groups excluding carboxylic acids is 2. The van der Waals surface area contributed by atoms with Crippen LogP contribution in [0.1, 0.15) is 35.3 Å². The number of ether oxygens (including phenoxy) is 3. The van der Waals surface area contributed by atoms with Gasteiger partial charge in [0.2, 0.25) is 0 Å². The largest absolute Gasteiger partial charge is 0.493 e. The minimum Gasteiger partial charge on any atom is -0.493 e. The van der Waals surface area contributed by atoms with E-state index in [0.717, 1.165) is 16.9 Å². The first kappa shape index (κ1) is 22.5. The second kappa shape index (κ2) is 10.7. The maximum atomic E-state index is 13.0. The van der Waals surface area contributed by atoms with Crippen molar-refractivity contribution in [2.45, 2.75) is 27.4 Å². The van der Waals surface area contributed by atoms with E-state index in [1.807, 2.05) is 50.2 Å². The number of piperazine rings is 1. The molecule has 0 radical (unpaired) electrons. The van der Waals surface area contributed by atoms with Gasteiger partial charge in [0.25, 0.3) is 5.91 Å². The van der Waals surface area contributed by atoms with Crippen molar-refractivity contribution in [3.05, 3.63) is 59.2 Å². The highest BCUT2D eigenvalue weighted by Gasteiger charge is 2.26. The Bertz CT molecular complexity index is 889. The van der Waals surface area contributed by atoms with Crippen molar-refractivity contribution in [2.24, 2.45) is 0 Å². The molecule has 0 spiro atoms. The number of nitrogens with zero attached hydrogens (tertiary/aromatic N) is 2. The minimum absolute atomic E-state index is 0.0665. The van der Waals surface area contributed by atoms with Gasteiger partial charge in [0, 0.05) is 37.3 Å². The van der Waals surface area contributed by atoms with Crippen LogP contribution in [0.2, 0.25) is 0 Å². The number of benzene rings is 2. The topological polar surface area (TPSA) is 68.3 Å². The molecule has 2 amide bonds. The van der Waals surface area contributed by atoms with Gasteiger partial charge < -0.3 is 24.0 Å². The van der Waals surface area contributed by atoms with Crippen LogP contribution in [-0.2, 0) is 11.3 Å². The summed E-state index contributed by atoms with van der Waals surface area (Å²) >= 11 is 0. The Morgan fingerprint density at radius 3 is 2.19 bits per heavy atom. The van der Waals surface area contributed by atoms with Crippen LogP contribution in [0.4, 0.5) is 4.79 Å². The van der Waals surface area contributed by atoms with Crippen molar-refractivity contribution in [3.8, 4) is 11.5 Å². The molecule has 1 aliphatic rings. The van der Waals surface area contributed by atoms with Crippen molar-refractivity contribution in [3.63, 3.8) is 0 Å². The molecule has 3 rings (SSSR count). The van der Waals surface area contributed by atoms with E-state index in [0.29, 0.717) is 57.3 Å². The van der Waals surface area contributed by atoms with E-state index in [1.54, 1.807) is 22.8 Å². The second-order valence-electron chi connectivity index (χ2n) is 7.34. The van der Waals surface area contributed by atoms with Crippen molar-refractivity contribution < 1.29 is 23.8 Å². The fourth-order valence-corrected chi connectivity index (χ4v) is 3.41. The molecule has 0 aromatic heterocycles. The lowest BCUT2D eigenvalue weighted by atomic mass is 10.1. The lowest BCUT2D eigenvalue weighted by Gasteiger charge is -2.34. The minimum atomic E-state index is -0.328. The lowest BCUT2D eigenvalue weighted by molar-refractivity contribution is 0.0570. The first-order chi connectivity index (χ1) is 15.0. The average Bonchev–Trinajstić information content (AvgIpc) is 2.79. The van der Waals surface area contributed by atoms with Crippen LogP contribution in [-0.4, -0.2) is 61.2 Å². The van der Waals surface area contributed by atoms with Gasteiger partial charge in [-0.05, 0) is 51.1 Å². The van der Waals surface area contributed by atoms with Crippen LogP contribution in [0.3, 0.4) is 0 Å². The number of aryl methyl sites for hydroxylation is 1. The van der Waals surface area contributed by atoms with Crippen LogP contribution < -0.4 is 9.47 Å². The molecule has 0 unspecified atom stereocenters. The molecule has 0 bridgehead atoms. The highest BCUT2D eigenvalue weighted by molar-refractivity contribution is 5.94. The Labute approximate surface area is 183 Å². The molecule has 0 N–H and O–H groups in total. The molecule has 0 aliphatic carbocycles. The van der Waals surface area contributed by atoms with E-state index in [4.69, 9.17) is 14.2 Å². The third-order valence-corrected chi connectivity index (χ3v) is 5.12. The highest BCUT2D eigenvalue weighted by Crippen LogP contribution is 2.24. The van der Waals surface area contributed by atoms with Crippen LogP contribution in [0.5, 0.6) is 11.5 Å². The van der Waals surface area contributed by atoms with Gasteiger partial charge in [-0.3, -0.25) is 4.79 Å². The Morgan fingerprint density at radius 1 is 0.871 bits per heavy atom. The molecule has 1 aliphatic heterocycles. The predicted octanol–water partition coefficient (Wildman–Crippen LogP) is 3.89. The normalized spacial score (nSPS) is 13.6. The molecule has 31 heavy (non-hydrogen) atoms. The fraction of sp³-hybridized carbons (Fsp3) is 0.417. The SMILES string of the molecule is CCOC(=O)N1CCN(C(=O)c2ccc(OCC)c(COc3ccc(C)cc3)c2)CC1. The molecule has 1 fully saturated rings. The maximum absolute atomic E-state index is 13.0. The van der Waals surface area contributed by atoms with Crippen molar-refractivity contribution in [2.75, 3.05) is 39.4 Å². The highest BCUT2D eigenvalue weighted by atomic mass is 16.6. The van der Waals surface area contributed by atoms with Gasteiger partial charge in [-0.1, -0.05) is 17.7 Å². The van der Waals surface area contributed by atoms with Gasteiger partial charge in [0.1, 0.15) is 18.1 Å². The third kappa shape index (κ3) is 5.90. The monoisotopic (exact) mass is 426 g/mol. The second-order valence-corrected chi connectivity index (χ2v) is 7.34. The van der Waals surface area contributed by atoms with E-state index < -0.39 is 0 Å². The third-order valence-electron chi connectivity index (χ3n) is 5.12. The zero-order chi connectivity index (χ0) is 22.2. The van der Waals surface area contributed by atoms with Gasteiger partial charge in [0.15, 0.2) is 0 Å². The van der Waals surface area contributed by atoms with E-state index in [1.165, 1.54) is 0 Å². The maximum Gasteiger partial charge on any atom is 0.409 e. The Hall–Kier alpha value is -3.22. The molecule has 0 saturated carbocycles. The molecular formula is C24H30N2O5. The Morgan fingerprint density at radius 2 is 1.55 bits per heavy atom. The summed E-state index contributed by atoms with van der Waals surface area (Å²) in [5.41, 5.74) is 2.56. The summed E-state index contributed by atoms with van der Waals surface area (Å²) in [7, 11) is 0. The first-order valence-corrected chi connectivity index (χ1v) is 10.7. The predicted molar refractivity (Wildman–Crippen MR) is 118 cm³/mol. The molecule has 7 heteroatoms. The summed E-state index contributed by atoms with van der Waals surface area (Å²) in [6.45, 7) is 8.78. The lowest BCUT2D eigenvalue weighted by Crippen LogP contribution is -2.50. The Kier molecular flexibility index (Phi) is 7.76. The summed E-state index contributed by atoms with van der Waals surface area (Å²) in [5.74, 6) is 1.40. The van der Waals surface area contributed by atoms with E-state index >= 15 is 0 Å².